The number of amides is 1. The minimum Gasteiger partial charge on any atom is -0.378 e. The van der Waals surface area contributed by atoms with Gasteiger partial charge in [-0.05, 0) is 25.8 Å². The summed E-state index contributed by atoms with van der Waals surface area (Å²) in [5.74, 6) is 0.376. The molecule has 0 bridgehead atoms. The number of hydrogen-bond donors (Lipinski definition) is 0. The van der Waals surface area contributed by atoms with Crippen LogP contribution in [0.2, 0.25) is 0 Å². The highest BCUT2D eigenvalue weighted by molar-refractivity contribution is 7.99. The fourth-order valence-electron chi connectivity index (χ4n) is 2.96. The molecule has 8 heteroatoms. The van der Waals surface area contributed by atoms with Crippen LogP contribution in [0.5, 0.6) is 0 Å². The van der Waals surface area contributed by atoms with E-state index >= 15 is 0 Å². The molecule has 0 saturated carbocycles. The predicted molar refractivity (Wildman–Crippen MR) is 106 cm³/mol. The highest BCUT2D eigenvalue weighted by Crippen LogP contribution is 2.28. The Hall–Kier alpha value is -1.38. The highest BCUT2D eigenvalue weighted by Gasteiger charge is 2.20. The van der Waals surface area contributed by atoms with E-state index in [1.165, 1.54) is 11.8 Å². The Morgan fingerprint density at radius 3 is 2.73 bits per heavy atom. The third kappa shape index (κ3) is 3.97. The first-order chi connectivity index (χ1) is 12.5. The summed E-state index contributed by atoms with van der Waals surface area (Å²) in [7, 11) is 0. The second kappa shape index (κ2) is 8.54. The van der Waals surface area contributed by atoms with Crippen LogP contribution in [0.1, 0.15) is 30.2 Å². The molecule has 1 fully saturated rings. The number of fused-ring (bicyclic) bond motifs is 1. The molecule has 1 aliphatic heterocycles. The van der Waals surface area contributed by atoms with Gasteiger partial charge < -0.3 is 9.64 Å². The molecular weight excluding hydrogens is 370 g/mol. The molecule has 0 unspecified atom stereocenters. The summed E-state index contributed by atoms with van der Waals surface area (Å²) >= 11 is 2.92. The minimum atomic E-state index is 0.0200. The molecule has 0 N–H and O–H groups in total. The van der Waals surface area contributed by atoms with E-state index < -0.39 is 0 Å². The first-order valence-corrected chi connectivity index (χ1v) is 10.8. The molecule has 142 valence electrons. The molecule has 1 saturated heterocycles. The van der Waals surface area contributed by atoms with Crippen LogP contribution in [0.25, 0.3) is 10.2 Å². The zero-order chi connectivity index (χ0) is 18.7. The van der Waals surface area contributed by atoms with E-state index in [2.05, 4.69) is 6.92 Å². The lowest BCUT2D eigenvalue weighted by molar-refractivity contribution is -0.132. The number of unbranched alkanes of at least 4 members (excludes halogenated alkanes) is 1. The van der Waals surface area contributed by atoms with Gasteiger partial charge in [-0.3, -0.25) is 14.2 Å². The van der Waals surface area contributed by atoms with Crippen LogP contribution in [0.3, 0.4) is 0 Å². The maximum Gasteiger partial charge on any atom is 0.263 e. The number of nitrogens with zero attached hydrogens (tertiary/aromatic N) is 3. The third-order valence-electron chi connectivity index (χ3n) is 4.68. The number of morpholine rings is 1. The highest BCUT2D eigenvalue weighted by atomic mass is 32.2. The molecule has 0 aromatic carbocycles. The quantitative estimate of drug-likeness (QED) is 0.556. The molecule has 0 atom stereocenters. The van der Waals surface area contributed by atoms with Gasteiger partial charge >= 0.3 is 0 Å². The van der Waals surface area contributed by atoms with Crippen molar-refractivity contribution in [2.45, 2.75) is 45.3 Å². The molecule has 3 heterocycles. The van der Waals surface area contributed by atoms with E-state index in [4.69, 9.17) is 9.72 Å². The molecule has 1 aliphatic rings. The number of ether oxygens (including phenoxy) is 1. The van der Waals surface area contributed by atoms with Crippen molar-refractivity contribution in [1.82, 2.24) is 14.5 Å². The van der Waals surface area contributed by atoms with Crippen molar-refractivity contribution in [3.63, 3.8) is 0 Å². The van der Waals surface area contributed by atoms with Crippen LogP contribution in [-0.2, 0) is 16.1 Å². The average Bonchev–Trinajstić information content (AvgIpc) is 2.94. The Labute approximate surface area is 161 Å². The lowest BCUT2D eigenvalue weighted by Crippen LogP contribution is -2.41. The van der Waals surface area contributed by atoms with Crippen molar-refractivity contribution >= 4 is 39.2 Å². The summed E-state index contributed by atoms with van der Waals surface area (Å²) < 4.78 is 7.05. The van der Waals surface area contributed by atoms with Crippen molar-refractivity contribution in [1.29, 1.82) is 0 Å². The SMILES string of the molecule is CCCCn1c(SCC(=O)N2CCOCC2)nc2sc(C)c(C)c2c1=O. The number of thiophene rings is 1. The van der Waals surface area contributed by atoms with Gasteiger partial charge in [0.25, 0.3) is 5.56 Å². The Balaban J connectivity index is 1.87. The van der Waals surface area contributed by atoms with Gasteiger partial charge in [0.15, 0.2) is 5.16 Å². The summed E-state index contributed by atoms with van der Waals surface area (Å²) in [6, 6.07) is 0. The number of rotatable bonds is 6. The standard InChI is InChI=1S/C18H25N3O3S2/c1-4-5-6-21-17(23)15-12(2)13(3)26-16(15)19-18(21)25-11-14(22)20-7-9-24-10-8-20/h4-11H2,1-3H3. The first-order valence-electron chi connectivity index (χ1n) is 9.01. The second-order valence-electron chi connectivity index (χ2n) is 6.45. The van der Waals surface area contributed by atoms with E-state index in [1.54, 1.807) is 15.9 Å². The summed E-state index contributed by atoms with van der Waals surface area (Å²) in [5, 5.41) is 1.38. The molecule has 3 rings (SSSR count). The maximum atomic E-state index is 13.0. The van der Waals surface area contributed by atoms with Crippen molar-refractivity contribution in [2.75, 3.05) is 32.1 Å². The van der Waals surface area contributed by atoms with Gasteiger partial charge in [0.05, 0.1) is 24.4 Å². The smallest absolute Gasteiger partial charge is 0.263 e. The van der Waals surface area contributed by atoms with Crippen molar-refractivity contribution in [3.05, 3.63) is 20.8 Å². The molecule has 2 aromatic heterocycles. The van der Waals surface area contributed by atoms with Crippen LogP contribution < -0.4 is 5.56 Å². The average molecular weight is 396 g/mol. The van der Waals surface area contributed by atoms with Crippen LogP contribution in [0, 0.1) is 13.8 Å². The van der Waals surface area contributed by atoms with E-state index in [9.17, 15) is 9.59 Å². The number of aromatic nitrogens is 2. The molecular formula is C18H25N3O3S2. The summed E-state index contributed by atoms with van der Waals surface area (Å²) in [5.41, 5.74) is 1.04. The fourth-order valence-corrected chi connectivity index (χ4v) is 4.96. The van der Waals surface area contributed by atoms with Gasteiger partial charge in [0, 0.05) is 24.5 Å². The monoisotopic (exact) mass is 395 g/mol. The number of aryl methyl sites for hydroxylation is 2. The first kappa shape index (κ1) is 19.4. The molecule has 0 aliphatic carbocycles. The van der Waals surface area contributed by atoms with Crippen molar-refractivity contribution < 1.29 is 9.53 Å². The molecule has 1 amide bonds. The van der Waals surface area contributed by atoms with E-state index in [0.29, 0.717) is 43.8 Å². The van der Waals surface area contributed by atoms with Crippen LogP contribution in [0.15, 0.2) is 9.95 Å². The van der Waals surface area contributed by atoms with E-state index in [0.717, 1.165) is 33.5 Å². The van der Waals surface area contributed by atoms with Gasteiger partial charge in [0.1, 0.15) is 4.83 Å². The molecule has 26 heavy (non-hydrogen) atoms. The number of thioether (sulfide) groups is 1. The van der Waals surface area contributed by atoms with Crippen LogP contribution >= 0.6 is 23.1 Å². The Morgan fingerprint density at radius 1 is 1.31 bits per heavy atom. The topological polar surface area (TPSA) is 64.4 Å². The number of carbonyl (C=O) groups excluding carboxylic acids is 1. The second-order valence-corrected chi connectivity index (χ2v) is 8.60. The lowest BCUT2D eigenvalue weighted by Gasteiger charge is -2.26. The summed E-state index contributed by atoms with van der Waals surface area (Å²) in [6.07, 6.45) is 1.92. The predicted octanol–water partition coefficient (Wildman–Crippen LogP) is 2.83. The molecule has 0 radical (unpaired) electrons. The van der Waals surface area contributed by atoms with Gasteiger partial charge in [-0.2, -0.15) is 0 Å². The maximum absolute atomic E-state index is 13.0. The van der Waals surface area contributed by atoms with Gasteiger partial charge in [-0.15, -0.1) is 11.3 Å². The van der Waals surface area contributed by atoms with E-state index in [1.807, 2.05) is 18.7 Å². The number of hydrogen-bond acceptors (Lipinski definition) is 6. The fraction of sp³-hybridized carbons (Fsp3) is 0.611. The molecule has 0 spiro atoms. The summed E-state index contributed by atoms with van der Waals surface area (Å²) in [6.45, 7) is 9.20. The van der Waals surface area contributed by atoms with Gasteiger partial charge in [-0.1, -0.05) is 25.1 Å². The van der Waals surface area contributed by atoms with Crippen LogP contribution in [-0.4, -0.2) is 52.4 Å². The van der Waals surface area contributed by atoms with Crippen LogP contribution in [0.4, 0.5) is 0 Å². The van der Waals surface area contributed by atoms with E-state index in [-0.39, 0.29) is 11.5 Å². The third-order valence-corrected chi connectivity index (χ3v) is 6.74. The largest absolute Gasteiger partial charge is 0.378 e. The van der Waals surface area contributed by atoms with Crippen molar-refractivity contribution in [3.8, 4) is 0 Å². The van der Waals surface area contributed by atoms with Gasteiger partial charge in [0.2, 0.25) is 5.91 Å². The zero-order valence-electron chi connectivity index (χ0n) is 15.5. The minimum absolute atomic E-state index is 0.0200. The molecule has 2 aromatic rings. The number of carbonyl (C=O) groups is 1. The van der Waals surface area contributed by atoms with Gasteiger partial charge in [-0.25, -0.2) is 4.98 Å². The molecule has 6 nitrogen and oxygen atoms in total. The summed E-state index contributed by atoms with van der Waals surface area (Å²) in [4.78, 5) is 33.9. The lowest BCUT2D eigenvalue weighted by atomic mass is 10.2. The Morgan fingerprint density at radius 2 is 2.04 bits per heavy atom. The normalized spacial score (nSPS) is 15.0. The zero-order valence-corrected chi connectivity index (χ0v) is 17.2. The van der Waals surface area contributed by atoms with Crippen molar-refractivity contribution in [2.24, 2.45) is 0 Å². The Kier molecular flexibility index (Phi) is 6.37. The Bertz CT molecular complexity index is 853.